The second-order valence-corrected chi connectivity index (χ2v) is 5.96. The molecular formula is C18H19BrO2. The van der Waals surface area contributed by atoms with Gasteiger partial charge in [0.1, 0.15) is 0 Å². The highest BCUT2D eigenvalue weighted by Gasteiger charge is 2.06. The molecule has 2 rings (SSSR count). The first-order chi connectivity index (χ1) is 10.2. The lowest BCUT2D eigenvalue weighted by molar-refractivity contribution is 0.0978. The summed E-state index contributed by atoms with van der Waals surface area (Å²) in [7, 11) is 0. The van der Waals surface area contributed by atoms with Crippen LogP contribution in [-0.2, 0) is 0 Å². The number of halogens is 1. The van der Waals surface area contributed by atoms with Crippen LogP contribution >= 0.6 is 15.9 Å². The Balaban J connectivity index is 1.98. The third-order valence-corrected chi connectivity index (χ3v) is 3.98. The summed E-state index contributed by atoms with van der Waals surface area (Å²) in [6.07, 6.45) is 3.07. The zero-order valence-corrected chi connectivity index (χ0v) is 13.5. The summed E-state index contributed by atoms with van der Waals surface area (Å²) >= 11 is 3.42. The van der Waals surface area contributed by atoms with Crippen LogP contribution in [0, 0.1) is 0 Å². The number of hydrogen-bond acceptors (Lipinski definition) is 2. The Labute approximate surface area is 134 Å². The third-order valence-electron chi connectivity index (χ3n) is 3.45. The van der Waals surface area contributed by atoms with E-state index in [1.807, 2.05) is 36.4 Å². The highest BCUT2D eigenvalue weighted by Crippen LogP contribution is 2.22. The molecule has 110 valence electrons. The standard InChI is InChI=1S/C18H19BrO2/c19-17-11-9-15(10-12-17)14-5-7-16(8-6-14)18(21)4-2-1-3-13-20/h5-12,20H,1-4,13H2. The Bertz CT molecular complexity index is 573. The fraction of sp³-hybridized carbons (Fsp3) is 0.278. The normalized spacial score (nSPS) is 10.6. The van der Waals surface area contributed by atoms with Gasteiger partial charge in [-0.1, -0.05) is 58.7 Å². The first-order valence-corrected chi connectivity index (χ1v) is 8.00. The van der Waals surface area contributed by atoms with E-state index in [0.717, 1.165) is 40.4 Å². The molecule has 0 saturated heterocycles. The van der Waals surface area contributed by atoms with Gasteiger partial charge in [0, 0.05) is 23.1 Å². The van der Waals surface area contributed by atoms with Gasteiger partial charge in [0.15, 0.2) is 5.78 Å². The summed E-state index contributed by atoms with van der Waals surface area (Å²) in [5.41, 5.74) is 3.01. The molecule has 0 spiro atoms. The fourth-order valence-electron chi connectivity index (χ4n) is 2.21. The number of hydrogen-bond donors (Lipinski definition) is 1. The van der Waals surface area contributed by atoms with Crippen LogP contribution < -0.4 is 0 Å². The lowest BCUT2D eigenvalue weighted by Crippen LogP contribution is -1.99. The third kappa shape index (κ3) is 4.80. The lowest BCUT2D eigenvalue weighted by Gasteiger charge is -2.05. The van der Waals surface area contributed by atoms with Crippen molar-refractivity contribution in [1.82, 2.24) is 0 Å². The smallest absolute Gasteiger partial charge is 0.162 e. The summed E-state index contributed by atoms with van der Waals surface area (Å²) in [4.78, 5) is 12.0. The van der Waals surface area contributed by atoms with Crippen LogP contribution in [0.25, 0.3) is 11.1 Å². The summed E-state index contributed by atoms with van der Waals surface area (Å²) in [6, 6.07) is 15.9. The number of ketones is 1. The van der Waals surface area contributed by atoms with Crippen molar-refractivity contribution >= 4 is 21.7 Å². The number of Topliss-reactive ketones (excluding diaryl/α,β-unsaturated/α-hetero) is 1. The molecular weight excluding hydrogens is 328 g/mol. The molecule has 3 heteroatoms. The maximum absolute atomic E-state index is 12.0. The van der Waals surface area contributed by atoms with Gasteiger partial charge >= 0.3 is 0 Å². The highest BCUT2D eigenvalue weighted by molar-refractivity contribution is 9.10. The van der Waals surface area contributed by atoms with Gasteiger partial charge in [-0.05, 0) is 36.1 Å². The Hall–Kier alpha value is -1.45. The summed E-state index contributed by atoms with van der Waals surface area (Å²) in [5, 5.41) is 8.72. The first kappa shape index (κ1) is 15.9. The van der Waals surface area contributed by atoms with Gasteiger partial charge in [-0.15, -0.1) is 0 Å². The molecule has 0 fully saturated rings. The summed E-state index contributed by atoms with van der Waals surface area (Å²) in [6.45, 7) is 0.204. The molecule has 0 aliphatic rings. The van der Waals surface area contributed by atoms with Crippen LogP contribution in [-0.4, -0.2) is 17.5 Å². The second kappa shape index (κ2) is 8.11. The molecule has 2 aromatic carbocycles. The van der Waals surface area contributed by atoms with Crippen LogP contribution in [0.2, 0.25) is 0 Å². The van der Waals surface area contributed by atoms with E-state index in [1.165, 1.54) is 0 Å². The molecule has 0 aromatic heterocycles. The molecule has 0 bridgehead atoms. The number of aliphatic hydroxyl groups excluding tert-OH is 1. The number of benzene rings is 2. The summed E-state index contributed by atoms with van der Waals surface area (Å²) in [5.74, 6) is 0.176. The number of carbonyl (C=O) groups is 1. The Morgan fingerprint density at radius 3 is 2.00 bits per heavy atom. The van der Waals surface area contributed by atoms with Crippen molar-refractivity contribution in [3.05, 3.63) is 58.6 Å². The number of aliphatic hydroxyl groups is 1. The van der Waals surface area contributed by atoms with E-state index in [2.05, 4.69) is 28.1 Å². The number of unbranched alkanes of at least 4 members (excludes halogenated alkanes) is 2. The van der Waals surface area contributed by atoms with Crippen LogP contribution in [0.15, 0.2) is 53.0 Å². The van der Waals surface area contributed by atoms with E-state index in [-0.39, 0.29) is 12.4 Å². The van der Waals surface area contributed by atoms with E-state index >= 15 is 0 Å². The van der Waals surface area contributed by atoms with Crippen LogP contribution in [0.1, 0.15) is 36.0 Å². The molecule has 0 heterocycles. The minimum Gasteiger partial charge on any atom is -0.396 e. The molecule has 0 aliphatic heterocycles. The van der Waals surface area contributed by atoms with Crippen LogP contribution in [0.3, 0.4) is 0 Å². The Kier molecular flexibility index (Phi) is 6.15. The zero-order chi connectivity index (χ0) is 15.1. The van der Waals surface area contributed by atoms with E-state index in [9.17, 15) is 4.79 Å². The maximum atomic E-state index is 12.0. The van der Waals surface area contributed by atoms with Crippen molar-refractivity contribution in [3.63, 3.8) is 0 Å². The van der Waals surface area contributed by atoms with Crippen LogP contribution in [0.5, 0.6) is 0 Å². The predicted octanol–water partition coefficient (Wildman–Crippen LogP) is 4.85. The second-order valence-electron chi connectivity index (χ2n) is 5.04. The van der Waals surface area contributed by atoms with Gasteiger partial charge in [0.2, 0.25) is 0 Å². The van der Waals surface area contributed by atoms with E-state index in [0.29, 0.717) is 6.42 Å². The maximum Gasteiger partial charge on any atom is 0.162 e. The highest BCUT2D eigenvalue weighted by atomic mass is 79.9. The molecule has 2 aromatic rings. The van der Waals surface area contributed by atoms with Gasteiger partial charge in [0.05, 0.1) is 0 Å². The van der Waals surface area contributed by atoms with Gasteiger partial charge < -0.3 is 5.11 Å². The topological polar surface area (TPSA) is 37.3 Å². The largest absolute Gasteiger partial charge is 0.396 e. The van der Waals surface area contributed by atoms with Crippen molar-refractivity contribution in [2.75, 3.05) is 6.61 Å². The van der Waals surface area contributed by atoms with E-state index in [1.54, 1.807) is 0 Å². The lowest BCUT2D eigenvalue weighted by atomic mass is 10.0. The van der Waals surface area contributed by atoms with Crippen molar-refractivity contribution in [2.24, 2.45) is 0 Å². The molecule has 2 nitrogen and oxygen atoms in total. The average Bonchev–Trinajstić information content (AvgIpc) is 2.52. The van der Waals surface area contributed by atoms with Gasteiger partial charge in [-0.3, -0.25) is 4.79 Å². The summed E-state index contributed by atoms with van der Waals surface area (Å²) < 4.78 is 1.06. The van der Waals surface area contributed by atoms with Crippen molar-refractivity contribution in [2.45, 2.75) is 25.7 Å². The average molecular weight is 347 g/mol. The Morgan fingerprint density at radius 2 is 1.43 bits per heavy atom. The monoisotopic (exact) mass is 346 g/mol. The predicted molar refractivity (Wildman–Crippen MR) is 89.5 cm³/mol. The fourth-order valence-corrected chi connectivity index (χ4v) is 2.47. The zero-order valence-electron chi connectivity index (χ0n) is 11.9. The molecule has 0 atom stereocenters. The molecule has 0 unspecified atom stereocenters. The minimum absolute atomic E-state index is 0.176. The Morgan fingerprint density at radius 1 is 0.857 bits per heavy atom. The van der Waals surface area contributed by atoms with Crippen molar-refractivity contribution in [1.29, 1.82) is 0 Å². The number of rotatable bonds is 7. The molecule has 21 heavy (non-hydrogen) atoms. The SMILES string of the molecule is O=C(CCCCCO)c1ccc(-c2ccc(Br)cc2)cc1. The quantitative estimate of drug-likeness (QED) is 0.574. The molecule has 0 radical (unpaired) electrons. The van der Waals surface area contributed by atoms with Gasteiger partial charge in [-0.2, -0.15) is 0 Å². The minimum atomic E-state index is 0.176. The molecule has 0 aliphatic carbocycles. The molecule has 0 amide bonds. The number of carbonyl (C=O) groups excluding carboxylic acids is 1. The molecule has 1 N–H and O–H groups in total. The van der Waals surface area contributed by atoms with Gasteiger partial charge in [-0.25, -0.2) is 0 Å². The first-order valence-electron chi connectivity index (χ1n) is 7.21. The van der Waals surface area contributed by atoms with Crippen molar-refractivity contribution in [3.8, 4) is 11.1 Å². The molecule has 0 saturated carbocycles. The van der Waals surface area contributed by atoms with Gasteiger partial charge in [0.25, 0.3) is 0 Å². The van der Waals surface area contributed by atoms with Crippen LogP contribution in [0.4, 0.5) is 0 Å². The van der Waals surface area contributed by atoms with Crippen molar-refractivity contribution < 1.29 is 9.90 Å². The van der Waals surface area contributed by atoms with E-state index < -0.39 is 0 Å². The van der Waals surface area contributed by atoms with E-state index in [4.69, 9.17) is 5.11 Å².